The van der Waals surface area contributed by atoms with E-state index in [-0.39, 0.29) is 5.91 Å². The largest absolute Gasteiger partial charge is 0.497 e. The van der Waals surface area contributed by atoms with Crippen molar-refractivity contribution in [3.8, 4) is 5.75 Å². The molecule has 1 unspecified atom stereocenters. The molecule has 0 aliphatic carbocycles. The van der Waals surface area contributed by atoms with Crippen LogP contribution in [0.15, 0.2) is 24.3 Å². The molecule has 1 fully saturated rings. The van der Waals surface area contributed by atoms with Crippen molar-refractivity contribution in [2.45, 2.75) is 26.2 Å². The number of methoxy groups -OCH3 is 1. The van der Waals surface area contributed by atoms with E-state index in [4.69, 9.17) is 4.74 Å². The zero-order valence-corrected chi connectivity index (χ0v) is 13.1. The molecule has 4 heteroatoms. The molecular formula is C17H26N2O2. The number of piperidine rings is 1. The highest BCUT2D eigenvalue weighted by Gasteiger charge is 2.20. The highest BCUT2D eigenvalue weighted by Crippen LogP contribution is 2.15. The first-order valence-electron chi connectivity index (χ1n) is 7.80. The number of carbonyl (C=O) groups is 1. The average molecular weight is 290 g/mol. The third-order valence-corrected chi connectivity index (χ3v) is 4.04. The van der Waals surface area contributed by atoms with Crippen molar-refractivity contribution >= 4 is 5.91 Å². The maximum atomic E-state index is 12.1. The predicted molar refractivity (Wildman–Crippen MR) is 84.5 cm³/mol. The summed E-state index contributed by atoms with van der Waals surface area (Å²) in [5, 5.41) is 3.25. The van der Waals surface area contributed by atoms with Crippen LogP contribution in [-0.2, 0) is 11.2 Å². The third kappa shape index (κ3) is 5.05. The molecule has 4 nitrogen and oxygen atoms in total. The van der Waals surface area contributed by atoms with Crippen LogP contribution in [0.2, 0.25) is 0 Å². The van der Waals surface area contributed by atoms with Crippen molar-refractivity contribution in [1.29, 1.82) is 0 Å². The standard InChI is InChI=1S/C17H26N2O2/c1-14-4-3-11-19(13-14)17(20)12-18-10-9-15-5-7-16(21-2)8-6-15/h5-8,14,18H,3-4,9-13H2,1-2H3. The minimum absolute atomic E-state index is 0.233. The van der Waals surface area contributed by atoms with Gasteiger partial charge in [0, 0.05) is 13.1 Å². The van der Waals surface area contributed by atoms with Crippen LogP contribution in [0.25, 0.3) is 0 Å². The van der Waals surface area contributed by atoms with Gasteiger partial charge in [-0.3, -0.25) is 4.79 Å². The molecule has 0 radical (unpaired) electrons. The Morgan fingerprint density at radius 2 is 2.14 bits per heavy atom. The summed E-state index contributed by atoms with van der Waals surface area (Å²) in [6.45, 7) is 5.32. The Balaban J connectivity index is 1.65. The number of nitrogens with one attached hydrogen (secondary N) is 1. The second kappa shape index (κ2) is 8.03. The molecule has 1 aromatic carbocycles. The molecule has 21 heavy (non-hydrogen) atoms. The number of benzene rings is 1. The topological polar surface area (TPSA) is 41.6 Å². The lowest BCUT2D eigenvalue weighted by Gasteiger charge is -2.31. The van der Waals surface area contributed by atoms with Gasteiger partial charge in [-0.05, 0) is 49.4 Å². The Morgan fingerprint density at radius 1 is 1.38 bits per heavy atom. The Hall–Kier alpha value is -1.55. The van der Waals surface area contributed by atoms with E-state index in [0.29, 0.717) is 12.5 Å². The summed E-state index contributed by atoms with van der Waals surface area (Å²) in [6.07, 6.45) is 3.31. The van der Waals surface area contributed by atoms with E-state index in [1.165, 1.54) is 12.0 Å². The van der Waals surface area contributed by atoms with Gasteiger partial charge in [-0.15, -0.1) is 0 Å². The Morgan fingerprint density at radius 3 is 2.81 bits per heavy atom. The third-order valence-electron chi connectivity index (χ3n) is 4.04. The molecule has 0 spiro atoms. The lowest BCUT2D eigenvalue weighted by Crippen LogP contribution is -2.43. The van der Waals surface area contributed by atoms with E-state index in [1.807, 2.05) is 17.0 Å². The molecule has 1 aliphatic rings. The van der Waals surface area contributed by atoms with Gasteiger partial charge in [0.1, 0.15) is 5.75 Å². The second-order valence-electron chi connectivity index (χ2n) is 5.86. The highest BCUT2D eigenvalue weighted by atomic mass is 16.5. The first kappa shape index (κ1) is 15.8. The first-order valence-corrected chi connectivity index (χ1v) is 7.80. The van der Waals surface area contributed by atoms with Crippen LogP contribution >= 0.6 is 0 Å². The average Bonchev–Trinajstić information content (AvgIpc) is 2.52. The number of likely N-dealkylation sites (tertiary alicyclic amines) is 1. The Labute approximate surface area is 127 Å². The van der Waals surface area contributed by atoms with E-state index < -0.39 is 0 Å². The highest BCUT2D eigenvalue weighted by molar-refractivity contribution is 5.78. The van der Waals surface area contributed by atoms with Gasteiger partial charge in [-0.1, -0.05) is 19.1 Å². The van der Waals surface area contributed by atoms with Gasteiger partial charge in [-0.2, -0.15) is 0 Å². The smallest absolute Gasteiger partial charge is 0.236 e. The van der Waals surface area contributed by atoms with Crippen LogP contribution in [0.4, 0.5) is 0 Å². The summed E-state index contributed by atoms with van der Waals surface area (Å²) >= 11 is 0. The van der Waals surface area contributed by atoms with Gasteiger partial charge in [0.25, 0.3) is 0 Å². The summed E-state index contributed by atoms with van der Waals surface area (Å²) < 4.78 is 5.14. The number of nitrogens with zero attached hydrogens (tertiary/aromatic N) is 1. The van der Waals surface area contributed by atoms with Crippen molar-refractivity contribution in [2.24, 2.45) is 5.92 Å². The van der Waals surface area contributed by atoms with E-state index in [0.717, 1.165) is 38.2 Å². The lowest BCUT2D eigenvalue weighted by atomic mass is 10.0. The first-order chi connectivity index (χ1) is 10.2. The summed E-state index contributed by atoms with van der Waals surface area (Å²) in [7, 11) is 1.67. The van der Waals surface area contributed by atoms with Crippen LogP contribution < -0.4 is 10.1 Å². The number of carbonyl (C=O) groups excluding carboxylic acids is 1. The summed E-state index contributed by atoms with van der Waals surface area (Å²) in [5.74, 6) is 1.75. The SMILES string of the molecule is COc1ccc(CCNCC(=O)N2CCCC(C)C2)cc1. The number of ether oxygens (including phenoxy) is 1. The van der Waals surface area contributed by atoms with Gasteiger partial charge < -0.3 is 15.0 Å². The van der Waals surface area contributed by atoms with Gasteiger partial charge in [0.2, 0.25) is 5.91 Å². The van der Waals surface area contributed by atoms with Gasteiger partial charge in [0.15, 0.2) is 0 Å². The van der Waals surface area contributed by atoms with Gasteiger partial charge in [-0.25, -0.2) is 0 Å². The van der Waals surface area contributed by atoms with Gasteiger partial charge >= 0.3 is 0 Å². The molecule has 1 amide bonds. The molecule has 1 saturated heterocycles. The van der Waals surface area contributed by atoms with E-state index in [2.05, 4.69) is 24.4 Å². The molecule has 0 bridgehead atoms. The molecule has 1 aliphatic heterocycles. The van der Waals surface area contributed by atoms with Crippen molar-refractivity contribution in [3.05, 3.63) is 29.8 Å². The maximum absolute atomic E-state index is 12.1. The Kier molecular flexibility index (Phi) is 6.05. The summed E-state index contributed by atoms with van der Waals surface area (Å²) in [5.41, 5.74) is 1.25. The van der Waals surface area contributed by atoms with Crippen molar-refractivity contribution < 1.29 is 9.53 Å². The molecule has 1 N–H and O–H groups in total. The normalized spacial score (nSPS) is 18.6. The maximum Gasteiger partial charge on any atom is 0.236 e. The fraction of sp³-hybridized carbons (Fsp3) is 0.588. The van der Waals surface area contributed by atoms with E-state index in [9.17, 15) is 4.79 Å². The molecule has 116 valence electrons. The molecule has 0 aromatic heterocycles. The number of hydrogen-bond donors (Lipinski definition) is 1. The molecule has 1 atom stereocenters. The fourth-order valence-electron chi connectivity index (χ4n) is 2.75. The van der Waals surface area contributed by atoms with Crippen LogP contribution in [0.3, 0.4) is 0 Å². The lowest BCUT2D eigenvalue weighted by molar-refractivity contribution is -0.131. The number of hydrogen-bond acceptors (Lipinski definition) is 3. The fourth-order valence-corrected chi connectivity index (χ4v) is 2.75. The zero-order chi connectivity index (χ0) is 15.1. The summed E-state index contributed by atoms with van der Waals surface area (Å²) in [4.78, 5) is 14.1. The minimum Gasteiger partial charge on any atom is -0.497 e. The summed E-state index contributed by atoms with van der Waals surface area (Å²) in [6, 6.07) is 8.06. The Bertz CT molecular complexity index is 445. The molecule has 1 heterocycles. The van der Waals surface area contributed by atoms with E-state index in [1.54, 1.807) is 7.11 Å². The second-order valence-corrected chi connectivity index (χ2v) is 5.86. The zero-order valence-electron chi connectivity index (χ0n) is 13.1. The van der Waals surface area contributed by atoms with E-state index >= 15 is 0 Å². The van der Waals surface area contributed by atoms with Crippen molar-refractivity contribution in [2.75, 3.05) is 33.3 Å². The quantitative estimate of drug-likeness (QED) is 0.816. The number of amides is 1. The molecular weight excluding hydrogens is 264 g/mol. The van der Waals surface area contributed by atoms with Gasteiger partial charge in [0.05, 0.1) is 13.7 Å². The van der Waals surface area contributed by atoms with Crippen LogP contribution in [-0.4, -0.2) is 44.1 Å². The minimum atomic E-state index is 0.233. The molecule has 0 saturated carbocycles. The predicted octanol–water partition coefficient (Wildman–Crippen LogP) is 2.09. The molecule has 2 rings (SSSR count). The molecule has 1 aromatic rings. The van der Waals surface area contributed by atoms with Crippen LogP contribution in [0.1, 0.15) is 25.3 Å². The van der Waals surface area contributed by atoms with Crippen molar-refractivity contribution in [1.82, 2.24) is 10.2 Å². The van der Waals surface area contributed by atoms with Crippen LogP contribution in [0, 0.1) is 5.92 Å². The monoisotopic (exact) mass is 290 g/mol. The van der Waals surface area contributed by atoms with Crippen molar-refractivity contribution in [3.63, 3.8) is 0 Å². The number of rotatable bonds is 6. The van der Waals surface area contributed by atoms with Crippen LogP contribution in [0.5, 0.6) is 5.75 Å².